The van der Waals surface area contributed by atoms with Crippen LogP contribution < -0.4 is 10.0 Å². The highest BCUT2D eigenvalue weighted by Gasteiger charge is 2.46. The molecule has 0 radical (unpaired) electrons. The molecule has 1 aliphatic heterocycles. The Morgan fingerprint density at radius 3 is 2.18 bits per heavy atom. The van der Waals surface area contributed by atoms with Crippen molar-refractivity contribution in [3.63, 3.8) is 0 Å². The molecule has 1 amide bonds. The van der Waals surface area contributed by atoms with Crippen LogP contribution in [0.15, 0.2) is 0 Å². The number of carbonyl (C=O) groups excluding carboxylic acids is 1. The summed E-state index contributed by atoms with van der Waals surface area (Å²) < 4.78 is 30.1. The summed E-state index contributed by atoms with van der Waals surface area (Å²) in [6, 6.07) is 1.29. The van der Waals surface area contributed by atoms with Crippen molar-refractivity contribution in [2.24, 2.45) is 11.3 Å². The molecule has 0 bridgehead atoms. The molecular weight excluding hydrogens is 376 g/mol. The first-order valence-electron chi connectivity index (χ1n) is 10.7. The SMILES string of the molecule is CC(C)CC(NS(=O)(=O)N1CCC2(CCCCC2)CC1)C(=O)NC1(C#N)CC1. The van der Waals surface area contributed by atoms with E-state index in [4.69, 9.17) is 0 Å². The molecule has 0 aromatic heterocycles. The van der Waals surface area contributed by atoms with Crippen molar-refractivity contribution in [3.05, 3.63) is 0 Å². The Morgan fingerprint density at radius 1 is 1.07 bits per heavy atom. The molecule has 2 N–H and O–H groups in total. The van der Waals surface area contributed by atoms with E-state index < -0.39 is 27.7 Å². The summed E-state index contributed by atoms with van der Waals surface area (Å²) in [5.74, 6) is -0.236. The minimum atomic E-state index is -3.73. The van der Waals surface area contributed by atoms with Crippen molar-refractivity contribution in [2.45, 2.75) is 89.6 Å². The smallest absolute Gasteiger partial charge is 0.280 e. The van der Waals surface area contributed by atoms with Crippen LogP contribution in [0, 0.1) is 22.7 Å². The van der Waals surface area contributed by atoms with Crippen molar-refractivity contribution in [1.82, 2.24) is 14.3 Å². The van der Waals surface area contributed by atoms with Crippen LogP contribution in [0.3, 0.4) is 0 Å². The fourth-order valence-corrected chi connectivity index (χ4v) is 6.02. The van der Waals surface area contributed by atoms with E-state index in [0.717, 1.165) is 12.8 Å². The number of nitrogens with zero attached hydrogens (tertiary/aromatic N) is 2. The zero-order valence-corrected chi connectivity index (χ0v) is 18.0. The lowest BCUT2D eigenvalue weighted by molar-refractivity contribution is -0.123. The third-order valence-electron chi connectivity index (χ3n) is 6.68. The Bertz CT molecular complexity index is 708. The molecule has 3 rings (SSSR count). The molecule has 3 aliphatic rings. The van der Waals surface area contributed by atoms with Gasteiger partial charge in [-0.15, -0.1) is 0 Å². The average Bonchev–Trinajstić information content (AvgIpc) is 3.41. The van der Waals surface area contributed by atoms with Gasteiger partial charge in [-0.05, 0) is 56.3 Å². The highest BCUT2D eigenvalue weighted by atomic mass is 32.2. The predicted octanol–water partition coefficient (Wildman–Crippen LogP) is 2.45. The summed E-state index contributed by atoms with van der Waals surface area (Å²) in [5.41, 5.74) is -0.472. The average molecular weight is 411 g/mol. The minimum absolute atomic E-state index is 0.155. The van der Waals surface area contributed by atoms with E-state index in [-0.39, 0.29) is 5.92 Å². The van der Waals surface area contributed by atoms with Crippen LogP contribution in [0.5, 0.6) is 0 Å². The zero-order valence-electron chi connectivity index (χ0n) is 17.2. The number of amides is 1. The summed E-state index contributed by atoms with van der Waals surface area (Å²) >= 11 is 0. The largest absolute Gasteiger partial charge is 0.336 e. The molecule has 1 saturated heterocycles. The van der Waals surface area contributed by atoms with Crippen molar-refractivity contribution in [1.29, 1.82) is 5.26 Å². The summed E-state index contributed by atoms with van der Waals surface area (Å²) in [6.45, 7) is 4.96. The summed E-state index contributed by atoms with van der Waals surface area (Å²) in [5, 5.41) is 12.0. The maximum absolute atomic E-state index is 13.0. The maximum Gasteiger partial charge on any atom is 0.280 e. The van der Waals surface area contributed by atoms with Gasteiger partial charge in [-0.25, -0.2) is 0 Å². The molecule has 2 saturated carbocycles. The Hall–Kier alpha value is -1.17. The Kier molecular flexibility index (Phi) is 6.38. The standard InChI is InChI=1S/C20H34N4O3S/c1-16(2)14-17(18(25)22-20(15-21)8-9-20)23-28(26,27)24-12-10-19(11-13-24)6-4-3-5-7-19/h16-17,23H,3-14H2,1-2H3,(H,22,25). The van der Waals surface area contributed by atoms with Gasteiger partial charge in [-0.1, -0.05) is 33.1 Å². The lowest BCUT2D eigenvalue weighted by Gasteiger charge is -2.43. The first-order chi connectivity index (χ1) is 13.2. The lowest BCUT2D eigenvalue weighted by Crippen LogP contribution is -2.55. The van der Waals surface area contributed by atoms with Gasteiger partial charge in [-0.2, -0.15) is 22.7 Å². The molecule has 158 valence electrons. The second kappa shape index (κ2) is 8.29. The van der Waals surface area contributed by atoms with E-state index in [1.165, 1.54) is 36.4 Å². The van der Waals surface area contributed by atoms with Gasteiger partial charge in [0, 0.05) is 13.1 Å². The van der Waals surface area contributed by atoms with E-state index in [9.17, 15) is 18.5 Å². The second-order valence-electron chi connectivity index (χ2n) is 9.45. The van der Waals surface area contributed by atoms with Crippen LogP contribution in [-0.4, -0.2) is 43.3 Å². The zero-order chi connectivity index (χ0) is 20.4. The van der Waals surface area contributed by atoms with Crippen molar-refractivity contribution >= 4 is 16.1 Å². The van der Waals surface area contributed by atoms with Gasteiger partial charge in [0.1, 0.15) is 11.6 Å². The number of rotatable bonds is 7. The first kappa shape index (κ1) is 21.5. The Morgan fingerprint density at radius 2 is 1.68 bits per heavy atom. The number of nitrogens with one attached hydrogen (secondary N) is 2. The number of hydrogen-bond donors (Lipinski definition) is 2. The van der Waals surface area contributed by atoms with Crippen molar-refractivity contribution in [3.8, 4) is 6.07 Å². The summed E-state index contributed by atoms with van der Waals surface area (Å²) in [6.07, 6.45) is 9.70. The Balaban J connectivity index is 1.62. The number of piperidine rings is 1. The summed E-state index contributed by atoms with van der Waals surface area (Å²) in [4.78, 5) is 12.7. The van der Waals surface area contributed by atoms with E-state index in [1.54, 1.807) is 0 Å². The van der Waals surface area contributed by atoms with Crippen LogP contribution in [0.25, 0.3) is 0 Å². The van der Waals surface area contributed by atoms with Gasteiger partial charge >= 0.3 is 0 Å². The third-order valence-corrected chi connectivity index (χ3v) is 8.31. The van der Waals surface area contributed by atoms with Gasteiger partial charge in [0.15, 0.2) is 0 Å². The fraction of sp³-hybridized carbons (Fsp3) is 0.900. The van der Waals surface area contributed by atoms with E-state index in [2.05, 4.69) is 16.1 Å². The highest BCUT2D eigenvalue weighted by molar-refractivity contribution is 7.87. The molecule has 8 heteroatoms. The van der Waals surface area contributed by atoms with E-state index in [0.29, 0.717) is 37.8 Å². The molecule has 0 aromatic rings. The van der Waals surface area contributed by atoms with Gasteiger partial charge in [0.2, 0.25) is 5.91 Å². The Labute approximate surface area is 169 Å². The van der Waals surface area contributed by atoms with Crippen LogP contribution >= 0.6 is 0 Å². The van der Waals surface area contributed by atoms with Gasteiger partial charge in [-0.3, -0.25) is 4.79 Å². The van der Waals surface area contributed by atoms with Crippen LogP contribution in [0.2, 0.25) is 0 Å². The number of hydrogen-bond acceptors (Lipinski definition) is 4. The molecule has 3 fully saturated rings. The molecule has 0 aromatic carbocycles. The quantitative estimate of drug-likeness (QED) is 0.673. The topological polar surface area (TPSA) is 102 Å². The normalized spacial score (nSPS) is 25.2. The van der Waals surface area contributed by atoms with Gasteiger partial charge in [0.05, 0.1) is 6.07 Å². The maximum atomic E-state index is 13.0. The second-order valence-corrected chi connectivity index (χ2v) is 11.2. The van der Waals surface area contributed by atoms with Crippen LogP contribution in [-0.2, 0) is 15.0 Å². The van der Waals surface area contributed by atoms with Crippen molar-refractivity contribution < 1.29 is 13.2 Å². The third kappa shape index (κ3) is 5.05. The number of carbonyl (C=O) groups is 1. The van der Waals surface area contributed by atoms with Crippen LogP contribution in [0.1, 0.15) is 78.1 Å². The van der Waals surface area contributed by atoms with E-state index >= 15 is 0 Å². The molecule has 1 heterocycles. The summed E-state index contributed by atoms with van der Waals surface area (Å²) in [7, 11) is -3.73. The van der Waals surface area contributed by atoms with Gasteiger partial charge < -0.3 is 5.32 Å². The first-order valence-corrected chi connectivity index (χ1v) is 12.1. The lowest BCUT2D eigenvalue weighted by atomic mass is 9.68. The fourth-order valence-electron chi connectivity index (χ4n) is 4.65. The predicted molar refractivity (Wildman–Crippen MR) is 107 cm³/mol. The molecule has 2 aliphatic carbocycles. The molecule has 7 nitrogen and oxygen atoms in total. The molecule has 1 atom stereocenters. The number of nitriles is 1. The van der Waals surface area contributed by atoms with Crippen molar-refractivity contribution in [2.75, 3.05) is 13.1 Å². The molecular formula is C20H34N4O3S. The highest BCUT2D eigenvalue weighted by Crippen LogP contribution is 2.44. The molecule has 28 heavy (non-hydrogen) atoms. The monoisotopic (exact) mass is 410 g/mol. The van der Waals surface area contributed by atoms with E-state index in [1.807, 2.05) is 13.8 Å². The molecule has 1 unspecified atom stereocenters. The molecule has 1 spiro atoms. The minimum Gasteiger partial charge on any atom is -0.336 e. The van der Waals surface area contributed by atoms with Crippen LogP contribution in [0.4, 0.5) is 0 Å². The van der Waals surface area contributed by atoms with Gasteiger partial charge in [0.25, 0.3) is 10.2 Å².